The Morgan fingerprint density at radius 3 is 2.67 bits per heavy atom. The van der Waals surface area contributed by atoms with Crippen molar-refractivity contribution in [3.63, 3.8) is 0 Å². The molecule has 10 heteroatoms. The Labute approximate surface area is 171 Å². The number of aromatic nitrogens is 3. The zero-order valence-corrected chi connectivity index (χ0v) is 16.7. The highest BCUT2D eigenvalue weighted by molar-refractivity contribution is 5.94. The van der Waals surface area contributed by atoms with E-state index in [-0.39, 0.29) is 5.92 Å². The predicted molar refractivity (Wildman–Crippen MR) is 107 cm³/mol. The Balaban J connectivity index is 1.85. The van der Waals surface area contributed by atoms with E-state index in [0.717, 1.165) is 16.5 Å². The molecule has 0 unspecified atom stereocenters. The number of aromatic amines is 1. The van der Waals surface area contributed by atoms with E-state index in [2.05, 4.69) is 20.3 Å². The van der Waals surface area contributed by atoms with Crippen LogP contribution in [0, 0.1) is 5.92 Å². The van der Waals surface area contributed by atoms with Crippen LogP contribution in [0.2, 0.25) is 0 Å². The van der Waals surface area contributed by atoms with Gasteiger partial charge in [-0.15, -0.1) is 0 Å². The van der Waals surface area contributed by atoms with Crippen LogP contribution < -0.4 is 15.4 Å². The maximum atomic E-state index is 12.4. The minimum absolute atomic E-state index is 0.247. The summed E-state index contributed by atoms with van der Waals surface area (Å²) in [7, 11) is 1.55. The number of amides is 1. The average molecular weight is 421 g/mol. The third-order valence-corrected chi connectivity index (χ3v) is 4.53. The molecule has 3 heterocycles. The average Bonchev–Trinajstić information content (AvgIpc) is 3.12. The molecular formula is C20H22F3N5O2. The number of fused-ring (bicyclic) bond motifs is 1. The number of alkyl halides is 3. The SMILES string of the molecule is COc1cnc2[nH]cc(-c3cncc(N[C@H](C(=O)NCC(F)(F)F)C(C)C)c3)c2c1. The van der Waals surface area contributed by atoms with Crippen LogP contribution in [0.15, 0.2) is 36.9 Å². The third kappa shape index (κ3) is 5.00. The summed E-state index contributed by atoms with van der Waals surface area (Å²) in [5, 5.41) is 5.75. The zero-order valence-electron chi connectivity index (χ0n) is 16.7. The van der Waals surface area contributed by atoms with Gasteiger partial charge in [0.05, 0.1) is 19.0 Å². The third-order valence-electron chi connectivity index (χ3n) is 4.53. The van der Waals surface area contributed by atoms with Crippen molar-refractivity contribution in [3.05, 3.63) is 36.9 Å². The first-order valence-corrected chi connectivity index (χ1v) is 9.25. The van der Waals surface area contributed by atoms with Crippen LogP contribution in [0.4, 0.5) is 18.9 Å². The number of pyridine rings is 2. The van der Waals surface area contributed by atoms with Gasteiger partial charge < -0.3 is 20.4 Å². The topological polar surface area (TPSA) is 91.9 Å². The molecule has 0 aliphatic rings. The minimum atomic E-state index is -4.47. The Morgan fingerprint density at radius 1 is 1.23 bits per heavy atom. The Bertz CT molecular complexity index is 1030. The van der Waals surface area contributed by atoms with Gasteiger partial charge in [-0.2, -0.15) is 13.2 Å². The monoisotopic (exact) mass is 421 g/mol. The first-order valence-electron chi connectivity index (χ1n) is 9.25. The molecule has 160 valence electrons. The van der Waals surface area contributed by atoms with E-state index in [4.69, 9.17) is 4.74 Å². The molecule has 0 aliphatic heterocycles. The number of nitrogens with zero attached hydrogens (tertiary/aromatic N) is 2. The first-order chi connectivity index (χ1) is 14.2. The van der Waals surface area contributed by atoms with Crippen LogP contribution in [-0.2, 0) is 4.79 Å². The van der Waals surface area contributed by atoms with Crippen molar-refractivity contribution in [1.82, 2.24) is 20.3 Å². The summed E-state index contributed by atoms with van der Waals surface area (Å²) >= 11 is 0. The summed E-state index contributed by atoms with van der Waals surface area (Å²) in [5.41, 5.74) is 2.77. The Hall–Kier alpha value is -3.30. The Kier molecular flexibility index (Phi) is 6.14. The van der Waals surface area contributed by atoms with E-state index in [1.807, 2.05) is 11.4 Å². The fraction of sp³-hybridized carbons (Fsp3) is 0.350. The van der Waals surface area contributed by atoms with E-state index in [1.165, 1.54) is 6.20 Å². The molecule has 3 aromatic rings. The first kappa shape index (κ1) is 21.4. The molecule has 3 N–H and O–H groups in total. The second kappa shape index (κ2) is 8.60. The highest BCUT2D eigenvalue weighted by atomic mass is 19.4. The second-order valence-corrected chi connectivity index (χ2v) is 7.13. The van der Waals surface area contributed by atoms with E-state index < -0.39 is 24.7 Å². The van der Waals surface area contributed by atoms with Crippen molar-refractivity contribution in [1.29, 1.82) is 0 Å². The molecule has 0 bridgehead atoms. The number of ether oxygens (including phenoxy) is 1. The van der Waals surface area contributed by atoms with Crippen molar-refractivity contribution < 1.29 is 22.7 Å². The number of methoxy groups -OCH3 is 1. The summed E-state index contributed by atoms with van der Waals surface area (Å²) in [4.78, 5) is 23.9. The van der Waals surface area contributed by atoms with E-state index in [0.29, 0.717) is 17.1 Å². The number of hydrogen-bond acceptors (Lipinski definition) is 5. The number of nitrogens with one attached hydrogen (secondary N) is 3. The second-order valence-electron chi connectivity index (χ2n) is 7.13. The van der Waals surface area contributed by atoms with Crippen molar-refractivity contribution in [2.24, 2.45) is 5.92 Å². The molecule has 0 aromatic carbocycles. The van der Waals surface area contributed by atoms with Crippen molar-refractivity contribution in [2.75, 3.05) is 19.0 Å². The molecule has 30 heavy (non-hydrogen) atoms. The number of carbonyl (C=O) groups is 1. The molecule has 1 amide bonds. The summed E-state index contributed by atoms with van der Waals surface area (Å²) in [6.45, 7) is 2.12. The number of H-pyrrole nitrogens is 1. The summed E-state index contributed by atoms with van der Waals surface area (Å²) in [5.74, 6) is -0.371. The molecule has 7 nitrogen and oxygen atoms in total. The van der Waals surface area contributed by atoms with E-state index >= 15 is 0 Å². The standard InChI is InChI=1S/C20H22F3N5O2/c1-11(2)17(19(29)27-10-20(21,22)23)28-13-4-12(6-24-7-13)16-9-26-18-15(16)5-14(30-3)8-25-18/h4-9,11,17,28H,10H2,1-3H3,(H,25,26)(H,27,29)/t17-/m0/s1. The molecule has 0 fully saturated rings. The van der Waals surface area contributed by atoms with Crippen LogP contribution in [0.25, 0.3) is 22.2 Å². The van der Waals surface area contributed by atoms with E-state index in [1.54, 1.807) is 45.6 Å². The van der Waals surface area contributed by atoms with Crippen LogP contribution in [-0.4, -0.2) is 46.7 Å². The maximum Gasteiger partial charge on any atom is 0.405 e. The highest BCUT2D eigenvalue weighted by Gasteiger charge is 2.30. The smallest absolute Gasteiger partial charge is 0.405 e. The van der Waals surface area contributed by atoms with Crippen molar-refractivity contribution in [2.45, 2.75) is 26.1 Å². The number of carbonyl (C=O) groups excluding carboxylic acids is 1. The highest BCUT2D eigenvalue weighted by Crippen LogP contribution is 2.31. The molecule has 0 aliphatic carbocycles. The maximum absolute atomic E-state index is 12.4. The summed E-state index contributed by atoms with van der Waals surface area (Å²) in [6, 6.07) is 2.77. The fourth-order valence-corrected chi connectivity index (χ4v) is 3.01. The van der Waals surface area contributed by atoms with Gasteiger partial charge in [0.15, 0.2) is 0 Å². The molecule has 0 saturated heterocycles. The van der Waals surface area contributed by atoms with Gasteiger partial charge >= 0.3 is 6.18 Å². The van der Waals surface area contributed by atoms with Gasteiger partial charge in [0, 0.05) is 35.1 Å². The molecule has 1 atom stereocenters. The molecule has 3 aromatic heterocycles. The lowest BCUT2D eigenvalue weighted by atomic mass is 10.0. The van der Waals surface area contributed by atoms with Crippen molar-refractivity contribution >= 4 is 22.6 Å². The van der Waals surface area contributed by atoms with Gasteiger partial charge in [-0.05, 0) is 18.1 Å². The van der Waals surface area contributed by atoms with Gasteiger partial charge in [0.2, 0.25) is 5.91 Å². The lowest BCUT2D eigenvalue weighted by Crippen LogP contribution is -2.46. The minimum Gasteiger partial charge on any atom is -0.495 e. The van der Waals surface area contributed by atoms with Crippen LogP contribution in [0.3, 0.4) is 0 Å². The zero-order chi connectivity index (χ0) is 21.9. The van der Waals surface area contributed by atoms with Gasteiger partial charge in [0.25, 0.3) is 0 Å². The van der Waals surface area contributed by atoms with Gasteiger partial charge in [-0.1, -0.05) is 13.8 Å². The number of rotatable bonds is 7. The molecular weight excluding hydrogens is 399 g/mol. The normalized spacial score (nSPS) is 12.8. The Morgan fingerprint density at radius 2 is 2.00 bits per heavy atom. The van der Waals surface area contributed by atoms with Crippen LogP contribution in [0.5, 0.6) is 5.75 Å². The number of halogens is 3. The molecule has 0 spiro atoms. The lowest BCUT2D eigenvalue weighted by Gasteiger charge is -2.23. The predicted octanol–water partition coefficient (Wildman–Crippen LogP) is 3.75. The van der Waals surface area contributed by atoms with E-state index in [9.17, 15) is 18.0 Å². The lowest BCUT2D eigenvalue weighted by molar-refractivity contribution is -0.139. The van der Waals surface area contributed by atoms with Gasteiger partial charge in [-0.25, -0.2) is 4.98 Å². The molecule has 0 radical (unpaired) electrons. The summed E-state index contributed by atoms with van der Waals surface area (Å²) < 4.78 is 42.5. The van der Waals surface area contributed by atoms with Crippen molar-refractivity contribution in [3.8, 4) is 16.9 Å². The number of anilines is 1. The summed E-state index contributed by atoms with van der Waals surface area (Å²) in [6.07, 6.45) is 2.09. The van der Waals surface area contributed by atoms with Crippen LogP contribution >= 0.6 is 0 Å². The number of hydrogen-bond donors (Lipinski definition) is 3. The molecule has 3 rings (SSSR count). The van der Waals surface area contributed by atoms with Gasteiger partial charge in [-0.3, -0.25) is 9.78 Å². The fourth-order valence-electron chi connectivity index (χ4n) is 3.01. The molecule has 0 saturated carbocycles. The van der Waals surface area contributed by atoms with Crippen LogP contribution in [0.1, 0.15) is 13.8 Å². The largest absolute Gasteiger partial charge is 0.495 e. The van der Waals surface area contributed by atoms with Gasteiger partial charge in [0.1, 0.15) is 24.0 Å². The quantitative estimate of drug-likeness (QED) is 0.541.